The zero-order chi connectivity index (χ0) is 24.5. The van der Waals surface area contributed by atoms with Gasteiger partial charge in [-0.25, -0.2) is 28.1 Å². The van der Waals surface area contributed by atoms with E-state index in [1.165, 1.54) is 35.2 Å². The SMILES string of the molecule is C[C@H](Nc1ncnc2[nH]ccc12)c1nc2cccc(F)c2c(=O)n1-c1cccc(OCC(F)F)c1. The zero-order valence-corrected chi connectivity index (χ0v) is 18.4. The lowest BCUT2D eigenvalue weighted by molar-refractivity contribution is 0.0819. The summed E-state index contributed by atoms with van der Waals surface area (Å²) in [5.41, 5.74) is 0.466. The molecule has 0 aliphatic heterocycles. The summed E-state index contributed by atoms with van der Waals surface area (Å²) < 4.78 is 46.3. The fourth-order valence-corrected chi connectivity index (χ4v) is 3.88. The van der Waals surface area contributed by atoms with Gasteiger partial charge < -0.3 is 15.0 Å². The topological polar surface area (TPSA) is 97.7 Å². The van der Waals surface area contributed by atoms with E-state index in [0.717, 1.165) is 5.39 Å². The average molecular weight is 480 g/mol. The summed E-state index contributed by atoms with van der Waals surface area (Å²) in [6, 6.07) is 11.5. The molecular formula is C24H19F3N6O2. The molecule has 1 atom stereocenters. The first-order valence-corrected chi connectivity index (χ1v) is 10.7. The molecular weight excluding hydrogens is 461 g/mol. The minimum atomic E-state index is -2.66. The first kappa shape index (κ1) is 22.4. The lowest BCUT2D eigenvalue weighted by Crippen LogP contribution is -2.28. The molecule has 0 radical (unpaired) electrons. The predicted octanol–water partition coefficient (Wildman–Crippen LogP) is 4.61. The third-order valence-electron chi connectivity index (χ3n) is 5.42. The molecule has 0 aliphatic carbocycles. The standard InChI is InChI=1S/C24H19F3N6O2/c1-13(31-22-16-8-9-28-21(16)29-12-30-22)23-32-18-7-3-6-17(25)20(18)24(34)33(23)14-4-2-5-15(10-14)35-11-19(26)27/h2-10,12-13,19H,11H2,1H3,(H2,28,29,30,31)/t13-/m0/s1. The van der Waals surface area contributed by atoms with Crippen molar-refractivity contribution in [2.24, 2.45) is 0 Å². The Balaban J connectivity index is 1.66. The maximum absolute atomic E-state index is 14.7. The zero-order valence-electron chi connectivity index (χ0n) is 18.4. The van der Waals surface area contributed by atoms with Crippen LogP contribution in [-0.4, -0.2) is 37.5 Å². The van der Waals surface area contributed by atoms with E-state index in [9.17, 15) is 18.0 Å². The van der Waals surface area contributed by atoms with E-state index in [1.54, 1.807) is 31.3 Å². The Morgan fingerprint density at radius 1 is 1.14 bits per heavy atom. The Kier molecular flexibility index (Phi) is 5.81. The number of hydrogen-bond donors (Lipinski definition) is 2. The summed E-state index contributed by atoms with van der Waals surface area (Å²) in [5, 5.41) is 3.80. The Labute approximate surface area is 196 Å². The number of halogens is 3. The molecule has 0 bridgehead atoms. The second-order valence-electron chi connectivity index (χ2n) is 7.77. The van der Waals surface area contributed by atoms with Gasteiger partial charge in [0.25, 0.3) is 12.0 Å². The highest BCUT2D eigenvalue weighted by atomic mass is 19.3. The Hall–Kier alpha value is -4.41. The van der Waals surface area contributed by atoms with Gasteiger partial charge in [-0.2, -0.15) is 0 Å². The van der Waals surface area contributed by atoms with Crippen LogP contribution in [0.5, 0.6) is 5.75 Å². The number of alkyl halides is 2. The van der Waals surface area contributed by atoms with Crippen LogP contribution in [0.4, 0.5) is 19.0 Å². The summed E-state index contributed by atoms with van der Waals surface area (Å²) in [6.45, 7) is 0.981. The highest BCUT2D eigenvalue weighted by Crippen LogP contribution is 2.26. The first-order valence-electron chi connectivity index (χ1n) is 10.7. The molecule has 178 valence electrons. The summed E-state index contributed by atoms with van der Waals surface area (Å²) in [6.07, 6.45) is 0.469. The quantitative estimate of drug-likeness (QED) is 0.353. The van der Waals surface area contributed by atoms with Crippen molar-refractivity contribution in [2.45, 2.75) is 19.4 Å². The van der Waals surface area contributed by atoms with Crippen LogP contribution in [0.1, 0.15) is 18.8 Å². The number of H-pyrrole nitrogens is 1. The van der Waals surface area contributed by atoms with Crippen molar-refractivity contribution >= 4 is 27.8 Å². The molecule has 2 aromatic carbocycles. The van der Waals surface area contributed by atoms with E-state index in [4.69, 9.17) is 4.74 Å². The molecule has 35 heavy (non-hydrogen) atoms. The molecule has 2 N–H and O–H groups in total. The van der Waals surface area contributed by atoms with Crippen LogP contribution in [0, 0.1) is 5.82 Å². The fraction of sp³-hybridized carbons (Fsp3) is 0.167. The Morgan fingerprint density at radius 2 is 1.97 bits per heavy atom. The number of aromatic amines is 1. The Bertz CT molecular complexity index is 1580. The average Bonchev–Trinajstić information content (AvgIpc) is 3.33. The van der Waals surface area contributed by atoms with Crippen molar-refractivity contribution in [3.05, 3.63) is 83.1 Å². The van der Waals surface area contributed by atoms with Crippen molar-refractivity contribution < 1.29 is 17.9 Å². The molecule has 0 unspecified atom stereocenters. The number of ether oxygens (including phenoxy) is 1. The minimum absolute atomic E-state index is 0.139. The van der Waals surface area contributed by atoms with Crippen LogP contribution in [0.15, 0.2) is 65.8 Å². The van der Waals surface area contributed by atoms with Gasteiger partial charge in [0.1, 0.15) is 47.2 Å². The maximum Gasteiger partial charge on any atom is 0.272 e. The fourth-order valence-electron chi connectivity index (χ4n) is 3.88. The van der Waals surface area contributed by atoms with Crippen molar-refractivity contribution in [3.8, 4) is 11.4 Å². The molecule has 5 aromatic rings. The largest absolute Gasteiger partial charge is 0.488 e. The van der Waals surface area contributed by atoms with Gasteiger partial charge in [-0.1, -0.05) is 12.1 Å². The number of nitrogens with zero attached hydrogens (tertiary/aromatic N) is 4. The molecule has 0 aliphatic rings. The molecule has 3 heterocycles. The van der Waals surface area contributed by atoms with Crippen molar-refractivity contribution in [1.29, 1.82) is 0 Å². The van der Waals surface area contributed by atoms with Gasteiger partial charge in [-0.15, -0.1) is 0 Å². The molecule has 5 rings (SSSR count). The van der Waals surface area contributed by atoms with Crippen molar-refractivity contribution in [3.63, 3.8) is 0 Å². The third-order valence-corrected chi connectivity index (χ3v) is 5.42. The summed E-state index contributed by atoms with van der Waals surface area (Å²) in [4.78, 5) is 29.6. The summed E-state index contributed by atoms with van der Waals surface area (Å²) in [7, 11) is 0. The van der Waals surface area contributed by atoms with E-state index in [0.29, 0.717) is 11.5 Å². The van der Waals surface area contributed by atoms with Gasteiger partial charge in [-0.3, -0.25) is 9.36 Å². The van der Waals surface area contributed by atoms with E-state index in [-0.39, 0.29) is 28.2 Å². The van der Waals surface area contributed by atoms with Gasteiger partial charge in [0, 0.05) is 12.3 Å². The molecule has 0 saturated carbocycles. The van der Waals surface area contributed by atoms with Crippen LogP contribution in [0.3, 0.4) is 0 Å². The normalized spacial score (nSPS) is 12.4. The first-order chi connectivity index (χ1) is 16.9. The number of hydrogen-bond acceptors (Lipinski definition) is 6. The monoisotopic (exact) mass is 480 g/mol. The minimum Gasteiger partial charge on any atom is -0.488 e. The summed E-state index contributed by atoms with van der Waals surface area (Å²) >= 11 is 0. The molecule has 0 spiro atoms. The number of benzene rings is 2. The molecule has 11 heteroatoms. The summed E-state index contributed by atoms with van der Waals surface area (Å²) in [5.74, 6) is 0.204. The second kappa shape index (κ2) is 9.09. The van der Waals surface area contributed by atoms with E-state index >= 15 is 0 Å². The van der Waals surface area contributed by atoms with E-state index in [2.05, 4.69) is 25.3 Å². The lowest BCUT2D eigenvalue weighted by atomic mass is 10.2. The molecule has 3 aromatic heterocycles. The highest BCUT2D eigenvalue weighted by Gasteiger charge is 2.21. The lowest BCUT2D eigenvalue weighted by Gasteiger charge is -2.21. The Morgan fingerprint density at radius 3 is 2.80 bits per heavy atom. The maximum atomic E-state index is 14.7. The molecule has 0 saturated heterocycles. The van der Waals surface area contributed by atoms with Crippen LogP contribution in [0.25, 0.3) is 27.6 Å². The third kappa shape index (κ3) is 4.27. The van der Waals surface area contributed by atoms with Gasteiger partial charge in [0.2, 0.25) is 0 Å². The van der Waals surface area contributed by atoms with Gasteiger partial charge in [0.15, 0.2) is 0 Å². The molecule has 8 nitrogen and oxygen atoms in total. The van der Waals surface area contributed by atoms with Crippen LogP contribution in [0.2, 0.25) is 0 Å². The smallest absolute Gasteiger partial charge is 0.272 e. The highest BCUT2D eigenvalue weighted by molar-refractivity contribution is 5.86. The van der Waals surface area contributed by atoms with Crippen molar-refractivity contribution in [2.75, 3.05) is 11.9 Å². The predicted molar refractivity (Wildman–Crippen MR) is 125 cm³/mol. The molecule has 0 fully saturated rings. The number of nitrogens with one attached hydrogen (secondary N) is 2. The van der Waals surface area contributed by atoms with Gasteiger partial charge in [0.05, 0.1) is 22.6 Å². The van der Waals surface area contributed by atoms with Gasteiger partial charge >= 0.3 is 0 Å². The van der Waals surface area contributed by atoms with E-state index < -0.39 is 30.5 Å². The van der Waals surface area contributed by atoms with Crippen LogP contribution in [-0.2, 0) is 0 Å². The second-order valence-corrected chi connectivity index (χ2v) is 7.77. The number of fused-ring (bicyclic) bond motifs is 2. The number of rotatable bonds is 7. The number of anilines is 1. The number of aromatic nitrogens is 5. The van der Waals surface area contributed by atoms with E-state index in [1.807, 2.05) is 6.07 Å². The van der Waals surface area contributed by atoms with Gasteiger partial charge in [-0.05, 0) is 37.3 Å². The van der Waals surface area contributed by atoms with Crippen LogP contribution < -0.4 is 15.6 Å². The van der Waals surface area contributed by atoms with Crippen molar-refractivity contribution in [1.82, 2.24) is 24.5 Å². The van der Waals surface area contributed by atoms with Crippen LogP contribution >= 0.6 is 0 Å². The molecule has 0 amide bonds.